The lowest BCUT2D eigenvalue weighted by Crippen LogP contribution is -2.38. The monoisotopic (exact) mass is 255 g/mol. The Morgan fingerprint density at radius 3 is 3.00 bits per heavy atom. The maximum absolute atomic E-state index is 5.58. The van der Waals surface area contributed by atoms with E-state index in [2.05, 4.69) is 34.0 Å². The van der Waals surface area contributed by atoms with Crippen molar-refractivity contribution < 1.29 is 0 Å². The fraction of sp³-hybridized carbons (Fsp3) is 0.818. The van der Waals surface area contributed by atoms with Gasteiger partial charge in [-0.2, -0.15) is 0 Å². The summed E-state index contributed by atoms with van der Waals surface area (Å²) in [7, 11) is 2.14. The Balaban J connectivity index is 1.82. The molecular weight excluding hydrogens is 234 g/mol. The molecule has 1 aliphatic heterocycles. The maximum atomic E-state index is 5.58. The van der Waals surface area contributed by atoms with Crippen molar-refractivity contribution in [2.24, 2.45) is 0 Å². The number of aromatic nitrogens is 2. The van der Waals surface area contributed by atoms with E-state index in [1.807, 2.05) is 0 Å². The normalized spacial score (nSPS) is 21.5. The molecule has 0 amide bonds. The number of hydrogen-bond acceptors (Lipinski definition) is 6. The van der Waals surface area contributed by atoms with Gasteiger partial charge < -0.3 is 5.73 Å². The second-order valence-electron chi connectivity index (χ2n) is 4.66. The van der Waals surface area contributed by atoms with Crippen molar-refractivity contribution in [3.8, 4) is 0 Å². The van der Waals surface area contributed by atoms with Gasteiger partial charge in [0.15, 0.2) is 0 Å². The highest BCUT2D eigenvalue weighted by Gasteiger charge is 2.24. The fourth-order valence-corrected chi connectivity index (χ4v) is 3.19. The van der Waals surface area contributed by atoms with E-state index < -0.39 is 0 Å². The molecule has 2 rings (SSSR count). The van der Waals surface area contributed by atoms with Crippen LogP contribution >= 0.6 is 11.3 Å². The Morgan fingerprint density at radius 1 is 1.53 bits per heavy atom. The average Bonchev–Trinajstić information content (AvgIpc) is 2.87. The molecule has 0 radical (unpaired) electrons. The standard InChI is InChI=1S/C11H21N5S/c1-3-16-6-4-5-9(16)7-15(2)8-10-13-14-11(12)17-10/h9H,3-8H2,1-2H3,(H2,12,14). The van der Waals surface area contributed by atoms with Crippen LogP contribution in [0.4, 0.5) is 5.13 Å². The van der Waals surface area contributed by atoms with Crippen LogP contribution in [0.5, 0.6) is 0 Å². The van der Waals surface area contributed by atoms with Gasteiger partial charge in [0.25, 0.3) is 0 Å². The zero-order valence-electron chi connectivity index (χ0n) is 10.6. The quantitative estimate of drug-likeness (QED) is 0.852. The van der Waals surface area contributed by atoms with Crippen LogP contribution in [0.15, 0.2) is 0 Å². The largest absolute Gasteiger partial charge is 0.374 e. The summed E-state index contributed by atoms with van der Waals surface area (Å²) in [6.07, 6.45) is 2.65. The van der Waals surface area contributed by atoms with E-state index in [4.69, 9.17) is 5.73 Å². The molecule has 0 aliphatic carbocycles. The predicted octanol–water partition coefficient (Wildman–Crippen LogP) is 1.04. The van der Waals surface area contributed by atoms with Gasteiger partial charge in [-0.15, -0.1) is 10.2 Å². The molecule has 1 aromatic heterocycles. The van der Waals surface area contributed by atoms with Crippen molar-refractivity contribution in [2.75, 3.05) is 32.4 Å². The molecule has 5 nitrogen and oxygen atoms in total. The van der Waals surface area contributed by atoms with Gasteiger partial charge in [0.05, 0.1) is 6.54 Å². The molecule has 1 aromatic rings. The van der Waals surface area contributed by atoms with Crippen molar-refractivity contribution in [1.29, 1.82) is 0 Å². The summed E-state index contributed by atoms with van der Waals surface area (Å²) in [6, 6.07) is 0.704. The maximum Gasteiger partial charge on any atom is 0.203 e. The minimum atomic E-state index is 0.560. The van der Waals surface area contributed by atoms with Gasteiger partial charge in [0, 0.05) is 12.6 Å². The molecule has 2 N–H and O–H groups in total. The van der Waals surface area contributed by atoms with E-state index in [0.29, 0.717) is 11.2 Å². The molecule has 2 heterocycles. The molecule has 0 saturated carbocycles. The molecule has 1 saturated heterocycles. The average molecular weight is 255 g/mol. The van der Waals surface area contributed by atoms with E-state index >= 15 is 0 Å². The summed E-state index contributed by atoms with van der Waals surface area (Å²) in [5.74, 6) is 0. The zero-order valence-corrected chi connectivity index (χ0v) is 11.4. The highest BCUT2D eigenvalue weighted by molar-refractivity contribution is 7.15. The molecule has 6 heteroatoms. The lowest BCUT2D eigenvalue weighted by Gasteiger charge is -2.27. The number of rotatable bonds is 5. The predicted molar refractivity (Wildman–Crippen MR) is 70.9 cm³/mol. The second kappa shape index (κ2) is 5.75. The van der Waals surface area contributed by atoms with Gasteiger partial charge in [-0.3, -0.25) is 9.80 Å². The van der Waals surface area contributed by atoms with Gasteiger partial charge >= 0.3 is 0 Å². The van der Waals surface area contributed by atoms with Crippen LogP contribution in [-0.2, 0) is 6.54 Å². The van der Waals surface area contributed by atoms with Crippen molar-refractivity contribution in [3.05, 3.63) is 5.01 Å². The molecule has 1 fully saturated rings. The van der Waals surface area contributed by atoms with Crippen LogP contribution in [0, 0.1) is 0 Å². The summed E-state index contributed by atoms with van der Waals surface area (Å²) in [5.41, 5.74) is 5.58. The smallest absolute Gasteiger partial charge is 0.203 e. The van der Waals surface area contributed by atoms with Gasteiger partial charge in [0.2, 0.25) is 5.13 Å². The molecule has 0 aromatic carbocycles. The van der Waals surface area contributed by atoms with E-state index in [1.165, 1.54) is 30.7 Å². The van der Waals surface area contributed by atoms with Gasteiger partial charge in [-0.25, -0.2) is 0 Å². The highest BCUT2D eigenvalue weighted by atomic mass is 32.1. The lowest BCUT2D eigenvalue weighted by atomic mass is 10.2. The van der Waals surface area contributed by atoms with Gasteiger partial charge in [-0.05, 0) is 33.0 Å². The summed E-state index contributed by atoms with van der Waals surface area (Å²) >= 11 is 1.48. The van der Waals surface area contributed by atoms with Gasteiger partial charge in [-0.1, -0.05) is 18.3 Å². The first-order chi connectivity index (χ1) is 8.19. The molecular formula is C11H21N5S. The summed E-state index contributed by atoms with van der Waals surface area (Å²) in [5, 5.41) is 9.46. The van der Waals surface area contributed by atoms with Crippen molar-refractivity contribution in [1.82, 2.24) is 20.0 Å². The Hall–Kier alpha value is -0.720. The Kier molecular flexibility index (Phi) is 4.31. The molecule has 0 spiro atoms. The SMILES string of the molecule is CCN1CCCC1CN(C)Cc1nnc(N)s1. The number of anilines is 1. The zero-order chi connectivity index (χ0) is 12.3. The first-order valence-electron chi connectivity index (χ1n) is 6.19. The summed E-state index contributed by atoms with van der Waals surface area (Å²) < 4.78 is 0. The third-order valence-electron chi connectivity index (χ3n) is 3.32. The molecule has 1 atom stereocenters. The minimum absolute atomic E-state index is 0.560. The van der Waals surface area contributed by atoms with Crippen LogP contribution < -0.4 is 5.73 Å². The molecule has 1 unspecified atom stereocenters. The van der Waals surface area contributed by atoms with E-state index in [0.717, 1.165) is 24.6 Å². The minimum Gasteiger partial charge on any atom is -0.374 e. The van der Waals surface area contributed by atoms with Crippen molar-refractivity contribution in [2.45, 2.75) is 32.4 Å². The number of nitrogens with zero attached hydrogens (tertiary/aromatic N) is 4. The lowest BCUT2D eigenvalue weighted by molar-refractivity contribution is 0.194. The Morgan fingerprint density at radius 2 is 2.35 bits per heavy atom. The first-order valence-corrected chi connectivity index (χ1v) is 7.01. The van der Waals surface area contributed by atoms with E-state index in [9.17, 15) is 0 Å². The molecule has 17 heavy (non-hydrogen) atoms. The van der Waals surface area contributed by atoms with Crippen molar-refractivity contribution in [3.63, 3.8) is 0 Å². The third kappa shape index (κ3) is 3.37. The summed E-state index contributed by atoms with van der Waals surface area (Å²) in [6.45, 7) is 6.60. The Bertz CT molecular complexity index is 353. The number of hydrogen-bond donors (Lipinski definition) is 1. The second-order valence-corrected chi connectivity index (χ2v) is 5.75. The van der Waals surface area contributed by atoms with Crippen LogP contribution in [0.2, 0.25) is 0 Å². The first kappa shape index (κ1) is 12.7. The van der Waals surface area contributed by atoms with E-state index in [1.54, 1.807) is 0 Å². The van der Waals surface area contributed by atoms with Crippen LogP contribution in [0.1, 0.15) is 24.8 Å². The highest BCUT2D eigenvalue weighted by Crippen LogP contribution is 2.19. The number of likely N-dealkylation sites (N-methyl/N-ethyl adjacent to an activating group) is 2. The molecule has 1 aliphatic rings. The van der Waals surface area contributed by atoms with Crippen LogP contribution in [0.3, 0.4) is 0 Å². The fourth-order valence-electron chi connectivity index (χ4n) is 2.50. The summed E-state index contributed by atoms with van der Waals surface area (Å²) in [4.78, 5) is 4.88. The number of nitrogens with two attached hydrogens (primary N) is 1. The third-order valence-corrected chi connectivity index (χ3v) is 4.05. The van der Waals surface area contributed by atoms with Crippen LogP contribution in [0.25, 0.3) is 0 Å². The Labute approximate surface area is 107 Å². The topological polar surface area (TPSA) is 58.3 Å². The van der Waals surface area contributed by atoms with Crippen molar-refractivity contribution >= 4 is 16.5 Å². The molecule has 0 bridgehead atoms. The number of nitrogen functional groups attached to an aromatic ring is 1. The van der Waals surface area contributed by atoms with E-state index in [-0.39, 0.29) is 0 Å². The van der Waals surface area contributed by atoms with Crippen LogP contribution in [-0.4, -0.2) is 52.7 Å². The molecule has 96 valence electrons. The number of likely N-dealkylation sites (tertiary alicyclic amines) is 1. The van der Waals surface area contributed by atoms with Gasteiger partial charge in [0.1, 0.15) is 5.01 Å².